The highest BCUT2D eigenvalue weighted by molar-refractivity contribution is 7.89. The van der Waals surface area contributed by atoms with Gasteiger partial charge < -0.3 is 10.6 Å². The average molecular weight is 440 g/mol. The standard InChI is InChI=1S/C23H22FN3O3S/c24-20-10-6-15(12-22(20)31(25,29)30)14-26-23(28)27-21-11-9-17-7-8-18(13-19(17)21)16-4-2-1-3-5-16/h1-8,10,12-13,21H,9,11,14H2,(H2,25,29,30)(H2,26,27,28). The molecule has 1 unspecified atom stereocenters. The third-order valence-corrected chi connectivity index (χ3v) is 6.32. The van der Waals surface area contributed by atoms with Crippen LogP contribution in [0.4, 0.5) is 9.18 Å². The first kappa shape index (κ1) is 21.0. The first-order valence-electron chi connectivity index (χ1n) is 9.85. The maximum absolute atomic E-state index is 13.7. The van der Waals surface area contributed by atoms with Gasteiger partial charge in [0.05, 0.1) is 6.04 Å². The molecule has 1 aliphatic carbocycles. The maximum atomic E-state index is 13.7. The van der Waals surface area contributed by atoms with Crippen LogP contribution in [0.3, 0.4) is 0 Å². The number of hydrogen-bond acceptors (Lipinski definition) is 3. The quantitative estimate of drug-likeness (QED) is 0.566. The van der Waals surface area contributed by atoms with E-state index in [1.807, 2.05) is 30.3 Å². The van der Waals surface area contributed by atoms with E-state index >= 15 is 0 Å². The molecule has 0 aromatic heterocycles. The van der Waals surface area contributed by atoms with E-state index in [2.05, 4.69) is 28.8 Å². The summed E-state index contributed by atoms with van der Waals surface area (Å²) in [6.45, 7) is 0.0399. The van der Waals surface area contributed by atoms with Crippen molar-refractivity contribution in [2.45, 2.75) is 30.3 Å². The molecule has 0 aliphatic heterocycles. The van der Waals surface area contributed by atoms with Gasteiger partial charge in [-0.3, -0.25) is 0 Å². The lowest BCUT2D eigenvalue weighted by atomic mass is 9.99. The number of amides is 2. The molecule has 4 rings (SSSR count). The third kappa shape index (κ3) is 4.76. The smallest absolute Gasteiger partial charge is 0.315 e. The highest BCUT2D eigenvalue weighted by Gasteiger charge is 2.24. The van der Waals surface area contributed by atoms with Gasteiger partial charge in [0.1, 0.15) is 10.7 Å². The van der Waals surface area contributed by atoms with E-state index in [0.717, 1.165) is 41.7 Å². The molecule has 2 amide bonds. The van der Waals surface area contributed by atoms with Gasteiger partial charge >= 0.3 is 6.03 Å². The zero-order valence-corrected chi connectivity index (χ0v) is 17.5. The lowest BCUT2D eigenvalue weighted by Gasteiger charge is -2.16. The molecule has 6 nitrogen and oxygen atoms in total. The van der Waals surface area contributed by atoms with Gasteiger partial charge in [0, 0.05) is 6.54 Å². The predicted molar refractivity (Wildman–Crippen MR) is 116 cm³/mol. The Morgan fingerprint density at radius 3 is 2.55 bits per heavy atom. The van der Waals surface area contributed by atoms with Gasteiger partial charge in [-0.1, -0.05) is 48.5 Å². The fraction of sp³-hybridized carbons (Fsp3) is 0.174. The summed E-state index contributed by atoms with van der Waals surface area (Å²) in [5.74, 6) is -0.924. The number of urea groups is 1. The second kappa shape index (κ2) is 8.49. The Kier molecular flexibility index (Phi) is 5.75. The fourth-order valence-corrected chi connectivity index (χ4v) is 4.49. The molecule has 0 saturated carbocycles. The zero-order chi connectivity index (χ0) is 22.0. The van der Waals surface area contributed by atoms with Gasteiger partial charge in [0.2, 0.25) is 10.0 Å². The fourth-order valence-electron chi connectivity index (χ4n) is 3.83. The van der Waals surface area contributed by atoms with Gasteiger partial charge in [-0.2, -0.15) is 0 Å². The molecule has 4 N–H and O–H groups in total. The van der Waals surface area contributed by atoms with Crippen molar-refractivity contribution >= 4 is 16.1 Å². The molecule has 160 valence electrons. The Labute approximate surface area is 180 Å². The molecule has 0 spiro atoms. The Balaban J connectivity index is 1.43. The summed E-state index contributed by atoms with van der Waals surface area (Å²) in [4.78, 5) is 11.9. The van der Waals surface area contributed by atoms with Crippen LogP contribution in [0.1, 0.15) is 29.2 Å². The molecule has 0 radical (unpaired) electrons. The minimum atomic E-state index is -4.18. The van der Waals surface area contributed by atoms with Gasteiger partial charge in [0.25, 0.3) is 0 Å². The number of nitrogens with two attached hydrogens (primary N) is 1. The molecule has 31 heavy (non-hydrogen) atoms. The molecular formula is C23H22FN3O3S. The summed E-state index contributed by atoms with van der Waals surface area (Å²) in [6.07, 6.45) is 1.68. The second-order valence-corrected chi connectivity index (χ2v) is 9.04. The third-order valence-electron chi connectivity index (χ3n) is 5.39. The van der Waals surface area contributed by atoms with Gasteiger partial charge in [-0.05, 0) is 58.9 Å². The van der Waals surface area contributed by atoms with E-state index in [9.17, 15) is 17.6 Å². The molecule has 0 fully saturated rings. The summed E-state index contributed by atoms with van der Waals surface area (Å²) >= 11 is 0. The van der Waals surface area contributed by atoms with Crippen molar-refractivity contribution in [3.05, 3.63) is 89.2 Å². The first-order valence-corrected chi connectivity index (χ1v) is 11.4. The van der Waals surface area contributed by atoms with Crippen LogP contribution in [0.5, 0.6) is 0 Å². The number of halogens is 1. The van der Waals surface area contributed by atoms with E-state index in [0.29, 0.717) is 5.56 Å². The first-order chi connectivity index (χ1) is 14.8. The average Bonchev–Trinajstić information content (AvgIpc) is 3.15. The molecule has 0 saturated heterocycles. The molecule has 1 aliphatic rings. The number of hydrogen-bond donors (Lipinski definition) is 3. The number of fused-ring (bicyclic) bond motifs is 1. The van der Waals surface area contributed by atoms with Crippen molar-refractivity contribution in [1.82, 2.24) is 10.6 Å². The molecule has 1 atom stereocenters. The van der Waals surface area contributed by atoms with E-state index < -0.39 is 20.7 Å². The van der Waals surface area contributed by atoms with Crippen LogP contribution >= 0.6 is 0 Å². The summed E-state index contributed by atoms with van der Waals surface area (Å²) < 4.78 is 36.6. The SMILES string of the molecule is NS(=O)(=O)c1cc(CNC(=O)NC2CCc3ccc(-c4ccccc4)cc32)ccc1F. The number of carbonyl (C=O) groups is 1. The number of carbonyl (C=O) groups excluding carboxylic acids is 1. The lowest BCUT2D eigenvalue weighted by Crippen LogP contribution is -2.37. The second-order valence-electron chi connectivity index (χ2n) is 7.51. The van der Waals surface area contributed by atoms with Crippen molar-refractivity contribution in [3.63, 3.8) is 0 Å². The Morgan fingerprint density at radius 1 is 1.03 bits per heavy atom. The van der Waals surface area contributed by atoms with Gasteiger partial charge in [-0.15, -0.1) is 0 Å². The topological polar surface area (TPSA) is 101 Å². The zero-order valence-electron chi connectivity index (χ0n) is 16.6. The number of benzene rings is 3. The van der Waals surface area contributed by atoms with Crippen LogP contribution in [0.25, 0.3) is 11.1 Å². The van der Waals surface area contributed by atoms with Crippen LogP contribution in [0.2, 0.25) is 0 Å². The van der Waals surface area contributed by atoms with Crippen LogP contribution < -0.4 is 15.8 Å². The van der Waals surface area contributed by atoms with E-state index in [-0.39, 0.29) is 18.6 Å². The number of aryl methyl sites for hydroxylation is 1. The van der Waals surface area contributed by atoms with Crippen molar-refractivity contribution in [1.29, 1.82) is 0 Å². The summed E-state index contributed by atoms with van der Waals surface area (Å²) in [7, 11) is -4.18. The van der Waals surface area contributed by atoms with Crippen LogP contribution in [-0.4, -0.2) is 14.4 Å². The highest BCUT2D eigenvalue weighted by atomic mass is 32.2. The number of primary sulfonamides is 1. The Hall–Kier alpha value is -3.23. The van der Waals surface area contributed by atoms with Crippen molar-refractivity contribution in [2.24, 2.45) is 5.14 Å². The maximum Gasteiger partial charge on any atom is 0.315 e. The number of nitrogens with one attached hydrogen (secondary N) is 2. The van der Waals surface area contributed by atoms with Crippen LogP contribution in [0.15, 0.2) is 71.6 Å². The summed E-state index contributed by atoms with van der Waals surface area (Å²) in [6, 6.07) is 19.4. The van der Waals surface area contributed by atoms with E-state index in [1.54, 1.807) is 0 Å². The van der Waals surface area contributed by atoms with Crippen molar-refractivity contribution in [3.8, 4) is 11.1 Å². The number of rotatable bonds is 5. The molecule has 0 bridgehead atoms. The van der Waals surface area contributed by atoms with E-state index in [1.165, 1.54) is 11.6 Å². The lowest BCUT2D eigenvalue weighted by molar-refractivity contribution is 0.236. The molecule has 3 aromatic carbocycles. The monoisotopic (exact) mass is 439 g/mol. The van der Waals surface area contributed by atoms with Crippen LogP contribution in [-0.2, 0) is 23.0 Å². The van der Waals surface area contributed by atoms with Crippen LogP contribution in [0, 0.1) is 5.82 Å². The summed E-state index contributed by atoms with van der Waals surface area (Å²) in [5.41, 5.74) is 4.94. The minimum absolute atomic E-state index is 0.0399. The Bertz CT molecular complexity index is 1230. The highest BCUT2D eigenvalue weighted by Crippen LogP contribution is 2.34. The Morgan fingerprint density at radius 2 is 1.81 bits per heavy atom. The molecule has 3 aromatic rings. The molecular weight excluding hydrogens is 417 g/mol. The largest absolute Gasteiger partial charge is 0.334 e. The normalized spacial score (nSPS) is 15.4. The summed E-state index contributed by atoms with van der Waals surface area (Å²) in [5, 5.41) is 10.7. The minimum Gasteiger partial charge on any atom is -0.334 e. The molecule has 0 heterocycles. The predicted octanol–water partition coefficient (Wildman–Crippen LogP) is 3.63. The van der Waals surface area contributed by atoms with Gasteiger partial charge in [0.15, 0.2) is 0 Å². The van der Waals surface area contributed by atoms with E-state index in [4.69, 9.17) is 5.14 Å². The van der Waals surface area contributed by atoms with Gasteiger partial charge in [-0.25, -0.2) is 22.7 Å². The number of sulfonamides is 1. The molecule has 8 heteroatoms. The van der Waals surface area contributed by atoms with Crippen molar-refractivity contribution in [2.75, 3.05) is 0 Å². The van der Waals surface area contributed by atoms with Crippen molar-refractivity contribution < 1.29 is 17.6 Å².